The lowest BCUT2D eigenvalue weighted by molar-refractivity contribution is 0.0986. The minimum atomic E-state index is -0.685. The first-order valence-electron chi connectivity index (χ1n) is 10.6. The molecule has 3 aromatic rings. The number of aryl methyl sites for hydroxylation is 1. The normalized spacial score (nSPS) is 11.2. The Hall–Kier alpha value is -3.69. The molecule has 0 aliphatic rings. The maximum absolute atomic E-state index is 13.4. The lowest BCUT2D eigenvalue weighted by atomic mass is 10.1. The van der Waals surface area contributed by atoms with Gasteiger partial charge in [-0.15, -0.1) is 0 Å². The fourth-order valence-corrected chi connectivity index (χ4v) is 3.34. The fourth-order valence-electron chi connectivity index (χ4n) is 3.34. The van der Waals surface area contributed by atoms with Gasteiger partial charge in [0.2, 0.25) is 0 Å². The average Bonchev–Trinajstić information content (AvgIpc) is 3.19. The molecule has 3 rings (SSSR count). The number of hydrogen-bond acceptors (Lipinski definition) is 7. The van der Waals surface area contributed by atoms with Crippen LogP contribution in [0.25, 0.3) is 11.5 Å². The van der Waals surface area contributed by atoms with E-state index in [-0.39, 0.29) is 24.0 Å². The molecular weight excluding hydrogens is 412 g/mol. The number of H-pyrrole nitrogens is 1. The number of anilines is 2. The quantitative estimate of drug-likeness (QED) is 0.548. The summed E-state index contributed by atoms with van der Waals surface area (Å²) >= 11 is 0. The molecule has 0 aliphatic heterocycles. The van der Waals surface area contributed by atoms with E-state index in [0.717, 1.165) is 6.42 Å². The molecule has 170 valence electrons. The monoisotopic (exact) mass is 440 g/mol. The minimum absolute atomic E-state index is 0.0136. The second kappa shape index (κ2) is 9.63. The number of amides is 1. The van der Waals surface area contributed by atoms with Crippen LogP contribution < -0.4 is 21.9 Å². The van der Waals surface area contributed by atoms with Crippen molar-refractivity contribution in [2.45, 2.75) is 47.1 Å². The van der Waals surface area contributed by atoms with Gasteiger partial charge in [0.15, 0.2) is 11.5 Å². The van der Waals surface area contributed by atoms with Crippen molar-refractivity contribution in [1.29, 1.82) is 0 Å². The van der Waals surface area contributed by atoms with E-state index < -0.39 is 17.2 Å². The van der Waals surface area contributed by atoms with E-state index in [1.54, 1.807) is 31.2 Å². The molecule has 0 fully saturated rings. The number of nitrogens with two attached hydrogens (primary N) is 1. The Morgan fingerprint density at radius 1 is 1.25 bits per heavy atom. The standard InChI is InChI=1S/C22H28N6O4/c1-5-6-11-27(17-18(23)28(12-13(2)3)22(31)25-19(17)29)21(30)16-9-7-15(8-10-16)20-24-14(4)26-32-20/h7-10,13H,5-6,11-12,23H2,1-4H3,(H,25,29,31). The topological polar surface area (TPSA) is 140 Å². The van der Waals surface area contributed by atoms with Gasteiger partial charge in [-0.3, -0.25) is 19.1 Å². The lowest BCUT2D eigenvalue weighted by Crippen LogP contribution is -2.42. The number of nitrogens with zero attached hydrogens (tertiary/aromatic N) is 4. The van der Waals surface area contributed by atoms with E-state index in [9.17, 15) is 14.4 Å². The van der Waals surface area contributed by atoms with Gasteiger partial charge in [-0.25, -0.2) is 4.79 Å². The second-order valence-corrected chi connectivity index (χ2v) is 8.03. The SMILES string of the molecule is CCCCN(C(=O)c1ccc(-c2nc(C)no2)cc1)c1c(N)n(CC(C)C)c(=O)[nH]c1=O. The van der Waals surface area contributed by atoms with Gasteiger partial charge in [0.05, 0.1) is 0 Å². The van der Waals surface area contributed by atoms with E-state index in [2.05, 4.69) is 15.1 Å². The number of aromatic amines is 1. The molecule has 32 heavy (non-hydrogen) atoms. The zero-order valence-corrected chi connectivity index (χ0v) is 18.7. The van der Waals surface area contributed by atoms with Crippen molar-refractivity contribution in [1.82, 2.24) is 19.7 Å². The summed E-state index contributed by atoms with van der Waals surface area (Å²) in [6.07, 6.45) is 1.47. The van der Waals surface area contributed by atoms with Crippen molar-refractivity contribution in [3.63, 3.8) is 0 Å². The molecule has 10 heteroatoms. The zero-order valence-electron chi connectivity index (χ0n) is 18.7. The van der Waals surface area contributed by atoms with Crippen molar-refractivity contribution in [3.05, 3.63) is 56.5 Å². The summed E-state index contributed by atoms with van der Waals surface area (Å²) in [4.78, 5) is 46.2. The zero-order chi connectivity index (χ0) is 23.4. The number of rotatable bonds is 8. The van der Waals surface area contributed by atoms with Crippen molar-refractivity contribution >= 4 is 17.4 Å². The average molecular weight is 441 g/mol. The molecule has 2 aromatic heterocycles. The van der Waals surface area contributed by atoms with Gasteiger partial charge < -0.3 is 15.2 Å². The third-order valence-electron chi connectivity index (χ3n) is 4.92. The van der Waals surface area contributed by atoms with Crippen LogP contribution in [0, 0.1) is 12.8 Å². The lowest BCUT2D eigenvalue weighted by Gasteiger charge is -2.25. The Kier molecular flexibility index (Phi) is 6.92. The number of carbonyl (C=O) groups is 1. The van der Waals surface area contributed by atoms with Crippen molar-refractivity contribution in [3.8, 4) is 11.5 Å². The molecule has 0 radical (unpaired) electrons. The van der Waals surface area contributed by atoms with Crippen molar-refractivity contribution in [2.75, 3.05) is 17.2 Å². The van der Waals surface area contributed by atoms with E-state index in [1.807, 2.05) is 20.8 Å². The van der Waals surface area contributed by atoms with Gasteiger partial charge in [0.25, 0.3) is 17.4 Å². The van der Waals surface area contributed by atoms with Crippen LogP contribution in [-0.2, 0) is 6.54 Å². The first-order chi connectivity index (χ1) is 15.2. The number of benzene rings is 1. The summed E-state index contributed by atoms with van der Waals surface area (Å²) in [5, 5.41) is 3.77. The van der Waals surface area contributed by atoms with Gasteiger partial charge in [-0.2, -0.15) is 4.98 Å². The van der Waals surface area contributed by atoms with E-state index in [4.69, 9.17) is 10.3 Å². The van der Waals surface area contributed by atoms with Gasteiger partial charge in [0, 0.05) is 24.2 Å². The number of unbranched alkanes of at least 4 members (excludes halogenated alkanes) is 1. The van der Waals surface area contributed by atoms with Gasteiger partial charge in [0.1, 0.15) is 5.82 Å². The number of aromatic nitrogens is 4. The molecule has 0 atom stereocenters. The highest BCUT2D eigenvalue weighted by atomic mass is 16.5. The van der Waals surface area contributed by atoms with E-state index >= 15 is 0 Å². The molecule has 0 saturated carbocycles. The molecule has 1 aromatic carbocycles. The highest BCUT2D eigenvalue weighted by Gasteiger charge is 2.25. The summed E-state index contributed by atoms with van der Waals surface area (Å²) in [7, 11) is 0. The molecule has 0 saturated heterocycles. The number of nitrogen functional groups attached to an aromatic ring is 1. The van der Waals surface area contributed by atoms with Crippen LogP contribution in [0.3, 0.4) is 0 Å². The third-order valence-corrected chi connectivity index (χ3v) is 4.92. The molecule has 2 heterocycles. The van der Waals surface area contributed by atoms with Crippen molar-refractivity contribution < 1.29 is 9.32 Å². The number of carbonyl (C=O) groups excluding carboxylic acids is 1. The second-order valence-electron chi connectivity index (χ2n) is 8.03. The Balaban J connectivity index is 2.02. The molecule has 0 unspecified atom stereocenters. The number of hydrogen-bond donors (Lipinski definition) is 2. The van der Waals surface area contributed by atoms with Crippen molar-refractivity contribution in [2.24, 2.45) is 5.92 Å². The van der Waals surface area contributed by atoms with Crippen LogP contribution in [-0.4, -0.2) is 32.1 Å². The molecule has 3 N–H and O–H groups in total. The first kappa shape index (κ1) is 23.0. The van der Waals surface area contributed by atoms with Crippen LogP contribution in [0.15, 0.2) is 38.4 Å². The summed E-state index contributed by atoms with van der Waals surface area (Å²) in [6.45, 7) is 8.18. The maximum Gasteiger partial charge on any atom is 0.330 e. The highest BCUT2D eigenvalue weighted by molar-refractivity contribution is 6.07. The van der Waals surface area contributed by atoms with Gasteiger partial charge in [-0.1, -0.05) is 32.3 Å². The van der Waals surface area contributed by atoms with Gasteiger partial charge in [-0.05, 0) is 43.5 Å². The predicted molar refractivity (Wildman–Crippen MR) is 122 cm³/mol. The Morgan fingerprint density at radius 3 is 2.50 bits per heavy atom. The molecular formula is C22H28N6O4. The Bertz CT molecular complexity index is 1210. The summed E-state index contributed by atoms with van der Waals surface area (Å²) < 4.78 is 6.46. The molecule has 10 nitrogen and oxygen atoms in total. The number of nitrogens with one attached hydrogen (secondary N) is 1. The molecule has 0 bridgehead atoms. The first-order valence-corrected chi connectivity index (χ1v) is 10.6. The largest absolute Gasteiger partial charge is 0.383 e. The smallest absolute Gasteiger partial charge is 0.330 e. The van der Waals surface area contributed by atoms with Crippen LogP contribution in [0.2, 0.25) is 0 Å². The maximum atomic E-state index is 13.4. The predicted octanol–water partition coefficient (Wildman–Crippen LogP) is 2.58. The third kappa shape index (κ3) is 4.79. The molecule has 0 spiro atoms. The van der Waals surface area contributed by atoms with Crippen LogP contribution >= 0.6 is 0 Å². The Labute approximate surface area is 185 Å². The van der Waals surface area contributed by atoms with E-state index in [1.165, 1.54) is 9.47 Å². The van der Waals surface area contributed by atoms with Crippen LogP contribution in [0.5, 0.6) is 0 Å². The summed E-state index contributed by atoms with van der Waals surface area (Å²) in [5.74, 6) is 0.575. The highest BCUT2D eigenvalue weighted by Crippen LogP contribution is 2.23. The fraction of sp³-hybridized carbons (Fsp3) is 0.409. The molecule has 1 amide bonds. The van der Waals surface area contributed by atoms with Crippen LogP contribution in [0.4, 0.5) is 11.5 Å². The van der Waals surface area contributed by atoms with E-state index in [0.29, 0.717) is 35.8 Å². The van der Waals surface area contributed by atoms with Gasteiger partial charge >= 0.3 is 5.69 Å². The summed E-state index contributed by atoms with van der Waals surface area (Å²) in [6, 6.07) is 6.66. The summed E-state index contributed by atoms with van der Waals surface area (Å²) in [5.41, 5.74) is 5.99. The van der Waals surface area contributed by atoms with Crippen LogP contribution in [0.1, 0.15) is 49.8 Å². The Morgan fingerprint density at radius 2 is 1.94 bits per heavy atom. The molecule has 0 aliphatic carbocycles. The minimum Gasteiger partial charge on any atom is -0.383 e.